The molecule has 4 nitrogen and oxygen atoms in total. The van der Waals surface area contributed by atoms with Crippen molar-refractivity contribution < 1.29 is 9.18 Å². The van der Waals surface area contributed by atoms with Gasteiger partial charge in [-0.2, -0.15) is 0 Å². The monoisotopic (exact) mass is 349 g/mol. The Bertz CT molecular complexity index is 889. The van der Waals surface area contributed by atoms with Gasteiger partial charge in [-0.05, 0) is 56.7 Å². The zero-order valence-electron chi connectivity index (χ0n) is 14.5. The Kier molecular flexibility index (Phi) is 4.20. The largest absolute Gasteiger partial charge is 0.345 e. The first kappa shape index (κ1) is 16.7. The maximum atomic E-state index is 13.4. The van der Waals surface area contributed by atoms with Gasteiger partial charge in [-0.25, -0.2) is 9.37 Å². The average molecular weight is 349 g/mol. The number of rotatable bonds is 2. The highest BCUT2D eigenvalue weighted by atomic mass is 19.1. The first-order valence-electron chi connectivity index (χ1n) is 8.96. The minimum absolute atomic E-state index is 0.0970. The lowest BCUT2D eigenvalue weighted by atomic mass is 9.73. The van der Waals surface area contributed by atoms with Gasteiger partial charge < -0.3 is 5.32 Å². The van der Waals surface area contributed by atoms with E-state index >= 15 is 0 Å². The summed E-state index contributed by atoms with van der Waals surface area (Å²) >= 11 is 0. The molecule has 1 heterocycles. The Labute approximate surface area is 152 Å². The predicted molar refractivity (Wildman–Crippen MR) is 95.6 cm³/mol. The molecular weight excluding hydrogens is 329 g/mol. The molecule has 26 heavy (non-hydrogen) atoms. The summed E-state index contributed by atoms with van der Waals surface area (Å²) in [7, 11) is 0. The fourth-order valence-electron chi connectivity index (χ4n) is 4.33. The molecule has 2 bridgehead atoms. The SMILES string of the molecule is O=C(N[C@]12CCC[C@](C#Cc3cccc(F)c3)(CC1)C2)c1cnccn1. The Hall–Kier alpha value is -2.74. The van der Waals surface area contributed by atoms with Crippen LogP contribution in [0.5, 0.6) is 0 Å². The van der Waals surface area contributed by atoms with Crippen LogP contribution in [-0.4, -0.2) is 21.4 Å². The Morgan fingerprint density at radius 1 is 1.19 bits per heavy atom. The van der Waals surface area contributed by atoms with Crippen LogP contribution in [0.3, 0.4) is 0 Å². The van der Waals surface area contributed by atoms with E-state index < -0.39 is 0 Å². The van der Waals surface area contributed by atoms with Crippen molar-refractivity contribution in [2.24, 2.45) is 5.41 Å². The highest BCUT2D eigenvalue weighted by Gasteiger charge is 2.51. The van der Waals surface area contributed by atoms with E-state index in [0.29, 0.717) is 11.3 Å². The molecule has 0 aliphatic heterocycles. The number of carbonyl (C=O) groups is 1. The van der Waals surface area contributed by atoms with Gasteiger partial charge >= 0.3 is 0 Å². The molecule has 0 saturated heterocycles. The molecule has 1 amide bonds. The summed E-state index contributed by atoms with van der Waals surface area (Å²) in [5.41, 5.74) is 0.728. The minimum Gasteiger partial charge on any atom is -0.345 e. The predicted octanol–water partition coefficient (Wildman–Crippen LogP) is 3.49. The van der Waals surface area contributed by atoms with E-state index in [4.69, 9.17) is 0 Å². The van der Waals surface area contributed by atoms with Crippen LogP contribution in [0.25, 0.3) is 0 Å². The molecule has 0 spiro atoms. The van der Waals surface area contributed by atoms with Gasteiger partial charge in [0, 0.05) is 28.9 Å². The van der Waals surface area contributed by atoms with Crippen molar-refractivity contribution in [1.29, 1.82) is 0 Å². The molecule has 2 aromatic rings. The second-order valence-electron chi connectivity index (χ2n) is 7.40. The number of aromatic nitrogens is 2. The molecule has 2 fully saturated rings. The number of hydrogen-bond acceptors (Lipinski definition) is 3. The Balaban J connectivity index is 1.52. The molecule has 5 heteroatoms. The molecule has 4 rings (SSSR count). The van der Waals surface area contributed by atoms with E-state index in [9.17, 15) is 9.18 Å². The maximum absolute atomic E-state index is 13.4. The minimum atomic E-state index is -0.269. The fourth-order valence-corrected chi connectivity index (χ4v) is 4.33. The van der Waals surface area contributed by atoms with Crippen LogP contribution in [0.15, 0.2) is 42.9 Å². The quantitative estimate of drug-likeness (QED) is 0.845. The highest BCUT2D eigenvalue weighted by Crippen LogP contribution is 2.53. The lowest BCUT2D eigenvalue weighted by Crippen LogP contribution is -2.49. The first-order chi connectivity index (χ1) is 12.6. The third-order valence-corrected chi connectivity index (χ3v) is 5.54. The maximum Gasteiger partial charge on any atom is 0.271 e. The van der Waals surface area contributed by atoms with Crippen molar-refractivity contribution in [1.82, 2.24) is 15.3 Å². The van der Waals surface area contributed by atoms with E-state index in [1.54, 1.807) is 12.3 Å². The van der Waals surface area contributed by atoms with Crippen molar-refractivity contribution in [3.8, 4) is 11.8 Å². The number of hydrogen-bond donors (Lipinski definition) is 1. The number of benzene rings is 1. The molecule has 0 unspecified atom stereocenters. The van der Waals surface area contributed by atoms with E-state index in [1.807, 2.05) is 6.07 Å². The lowest BCUT2D eigenvalue weighted by molar-refractivity contribution is 0.0866. The summed E-state index contributed by atoms with van der Waals surface area (Å²) < 4.78 is 13.4. The van der Waals surface area contributed by atoms with E-state index in [0.717, 1.165) is 38.5 Å². The molecule has 1 N–H and O–H groups in total. The fraction of sp³-hybridized carbons (Fsp3) is 0.381. The van der Waals surface area contributed by atoms with Gasteiger partial charge in [0.05, 0.1) is 6.20 Å². The van der Waals surface area contributed by atoms with Crippen molar-refractivity contribution in [3.05, 3.63) is 59.9 Å². The van der Waals surface area contributed by atoms with Crippen molar-refractivity contribution in [2.75, 3.05) is 0 Å². The first-order valence-corrected chi connectivity index (χ1v) is 8.96. The van der Waals surface area contributed by atoms with Crippen LogP contribution in [-0.2, 0) is 0 Å². The number of nitrogens with zero attached hydrogens (tertiary/aromatic N) is 2. The van der Waals surface area contributed by atoms with Crippen LogP contribution in [0.1, 0.15) is 54.6 Å². The van der Waals surface area contributed by atoms with Gasteiger partial charge in [0.15, 0.2) is 0 Å². The zero-order valence-corrected chi connectivity index (χ0v) is 14.5. The molecule has 1 aromatic carbocycles. The third-order valence-electron chi connectivity index (χ3n) is 5.54. The van der Waals surface area contributed by atoms with Crippen LogP contribution in [0, 0.1) is 23.1 Å². The van der Waals surface area contributed by atoms with Gasteiger partial charge in [-0.1, -0.05) is 17.9 Å². The molecule has 2 saturated carbocycles. The topological polar surface area (TPSA) is 54.9 Å². The smallest absolute Gasteiger partial charge is 0.271 e. The summed E-state index contributed by atoms with van der Waals surface area (Å²) in [5.74, 6) is 6.12. The molecule has 0 radical (unpaired) electrons. The van der Waals surface area contributed by atoms with Crippen molar-refractivity contribution in [2.45, 2.75) is 44.1 Å². The molecule has 1 aromatic heterocycles. The van der Waals surface area contributed by atoms with Crippen LogP contribution < -0.4 is 5.32 Å². The molecule has 2 atom stereocenters. The van der Waals surface area contributed by atoms with E-state index in [1.165, 1.54) is 24.5 Å². The number of fused-ring (bicyclic) bond motifs is 2. The molecular formula is C21H20FN3O. The summed E-state index contributed by atoms with van der Waals surface area (Å²) in [6.07, 6.45) is 10.3. The third kappa shape index (κ3) is 3.32. The van der Waals surface area contributed by atoms with Gasteiger partial charge in [0.2, 0.25) is 0 Å². The Morgan fingerprint density at radius 2 is 2.12 bits per heavy atom. The van der Waals surface area contributed by atoms with Gasteiger partial charge in [-0.15, -0.1) is 0 Å². The van der Waals surface area contributed by atoms with Crippen LogP contribution >= 0.6 is 0 Å². The molecule has 132 valence electrons. The molecule has 2 aliphatic carbocycles. The lowest BCUT2D eigenvalue weighted by Gasteiger charge is -2.37. The zero-order chi connectivity index (χ0) is 18.0. The standard InChI is InChI=1S/C21H20FN3O/c22-17-4-1-3-16(13-17)5-8-20-6-2-7-21(15-20,10-9-20)25-19(26)18-14-23-11-12-24-18/h1,3-4,11-14H,2,6-7,9-10,15H2,(H,25,26)/t20-,21+/m0/s1. The number of nitrogens with one attached hydrogen (secondary N) is 1. The normalized spacial score (nSPS) is 26.7. The van der Waals surface area contributed by atoms with E-state index in [2.05, 4.69) is 27.1 Å². The number of carbonyl (C=O) groups excluding carboxylic acids is 1. The second-order valence-corrected chi connectivity index (χ2v) is 7.40. The summed E-state index contributed by atoms with van der Waals surface area (Å²) in [4.78, 5) is 20.6. The van der Waals surface area contributed by atoms with Gasteiger partial charge in [0.25, 0.3) is 5.91 Å². The van der Waals surface area contributed by atoms with Crippen molar-refractivity contribution >= 4 is 5.91 Å². The Morgan fingerprint density at radius 3 is 2.92 bits per heavy atom. The number of amides is 1. The van der Waals surface area contributed by atoms with Crippen LogP contribution in [0.2, 0.25) is 0 Å². The van der Waals surface area contributed by atoms with Gasteiger partial charge in [0.1, 0.15) is 11.5 Å². The highest BCUT2D eigenvalue weighted by molar-refractivity contribution is 5.92. The second kappa shape index (κ2) is 6.53. The number of halogens is 1. The summed E-state index contributed by atoms with van der Waals surface area (Å²) in [5, 5.41) is 3.20. The summed E-state index contributed by atoms with van der Waals surface area (Å²) in [6, 6.07) is 6.39. The molecule has 2 aliphatic rings. The average Bonchev–Trinajstić information content (AvgIpc) is 2.91. The van der Waals surface area contributed by atoms with Crippen molar-refractivity contribution in [3.63, 3.8) is 0 Å². The van der Waals surface area contributed by atoms with Crippen LogP contribution in [0.4, 0.5) is 4.39 Å². The summed E-state index contributed by atoms with van der Waals surface area (Å²) in [6.45, 7) is 0. The van der Waals surface area contributed by atoms with Gasteiger partial charge in [-0.3, -0.25) is 9.78 Å². The van der Waals surface area contributed by atoms with E-state index in [-0.39, 0.29) is 22.7 Å².